The van der Waals surface area contributed by atoms with E-state index in [1.54, 1.807) is 4.90 Å². The van der Waals surface area contributed by atoms with Crippen LogP contribution in [0.2, 0.25) is 0 Å². The van der Waals surface area contributed by atoms with E-state index in [0.717, 1.165) is 74.1 Å². The molecule has 4 heterocycles. The van der Waals surface area contributed by atoms with Gasteiger partial charge in [0, 0.05) is 97.3 Å². The molecule has 12 heteroatoms. The summed E-state index contributed by atoms with van der Waals surface area (Å²) in [6.45, 7) is 22.7. The topological polar surface area (TPSA) is 88.7 Å². The Morgan fingerprint density at radius 1 is 0.655 bits per heavy atom. The van der Waals surface area contributed by atoms with E-state index in [0.29, 0.717) is 43.9 Å². The number of piperidine rings is 2. The third-order valence-electron chi connectivity index (χ3n) is 11.6. The fraction of sp³-hybridized carbons (Fsp3) is 0.651. The lowest BCUT2D eigenvalue weighted by molar-refractivity contribution is -0.143. The van der Waals surface area contributed by atoms with E-state index in [2.05, 4.69) is 127 Å². The van der Waals surface area contributed by atoms with Crippen LogP contribution in [0.4, 0.5) is 4.79 Å². The van der Waals surface area contributed by atoms with E-state index in [1.165, 1.54) is 11.1 Å². The van der Waals surface area contributed by atoms with Crippen LogP contribution in [0.1, 0.15) is 85.3 Å². The minimum Gasteiger partial charge on any atom is -0.444 e. The molecule has 55 heavy (non-hydrogen) atoms. The first-order valence-corrected chi connectivity index (χ1v) is 21.9. The average Bonchev–Trinajstić information content (AvgIpc) is 3.15. The van der Waals surface area contributed by atoms with Crippen molar-refractivity contribution in [3.05, 3.63) is 68.6 Å². The molecule has 10 nitrogen and oxygen atoms in total. The van der Waals surface area contributed by atoms with Gasteiger partial charge in [0.25, 0.3) is 0 Å². The monoisotopic (exact) mass is 886 g/mol. The van der Waals surface area contributed by atoms with Crippen LogP contribution in [0.3, 0.4) is 0 Å². The number of hydrogen-bond acceptors (Lipinski definition) is 7. The number of amides is 3. The predicted octanol–water partition coefficient (Wildman–Crippen LogP) is 7.39. The number of hydrogen-bond donors (Lipinski definition) is 1. The fourth-order valence-electron chi connectivity index (χ4n) is 8.32. The fourth-order valence-corrected chi connectivity index (χ4v) is 9.14. The van der Waals surface area contributed by atoms with Crippen molar-refractivity contribution < 1.29 is 19.1 Å². The van der Waals surface area contributed by atoms with Gasteiger partial charge in [0.05, 0.1) is 0 Å². The summed E-state index contributed by atoms with van der Waals surface area (Å²) in [5, 5.41) is 3.35. The summed E-state index contributed by atoms with van der Waals surface area (Å²) >= 11 is 7.30. The van der Waals surface area contributed by atoms with Gasteiger partial charge in [-0.05, 0) is 110 Å². The molecular formula is C43H64Br2N6O4. The molecular weight excluding hydrogens is 824 g/mol. The molecule has 4 aliphatic heterocycles. The quantitative estimate of drug-likeness (QED) is 0.324. The summed E-state index contributed by atoms with van der Waals surface area (Å²) in [5.41, 5.74) is 2.09. The number of nitrogens with one attached hydrogen (secondary N) is 1. The summed E-state index contributed by atoms with van der Waals surface area (Å²) in [5.74, 6) is 0.819. The molecule has 6 rings (SSSR count). The molecule has 0 saturated carbocycles. The molecule has 0 bridgehead atoms. The normalized spacial score (nSPS) is 24.9. The molecule has 4 aliphatic rings. The molecule has 2 aromatic rings. The number of carbonyl (C=O) groups is 3. The van der Waals surface area contributed by atoms with Gasteiger partial charge in [0.15, 0.2) is 0 Å². The minimum absolute atomic E-state index is 0.0110. The summed E-state index contributed by atoms with van der Waals surface area (Å²) in [4.78, 5) is 49.4. The number of rotatable bonds is 6. The van der Waals surface area contributed by atoms with Gasteiger partial charge in [-0.1, -0.05) is 68.3 Å². The second-order valence-corrected chi connectivity index (χ2v) is 18.9. The Hall–Kier alpha value is -2.51. The summed E-state index contributed by atoms with van der Waals surface area (Å²) < 4.78 is 7.77. The third kappa shape index (κ3) is 12.0. The molecule has 1 N–H and O–H groups in total. The van der Waals surface area contributed by atoms with E-state index in [-0.39, 0.29) is 35.9 Å². The van der Waals surface area contributed by atoms with Gasteiger partial charge in [-0.2, -0.15) is 0 Å². The van der Waals surface area contributed by atoms with Crippen LogP contribution in [0.15, 0.2) is 57.5 Å². The molecule has 4 saturated heterocycles. The molecule has 4 fully saturated rings. The van der Waals surface area contributed by atoms with Crippen molar-refractivity contribution in [3.8, 4) is 0 Å². The summed E-state index contributed by atoms with van der Waals surface area (Å²) in [6.07, 6.45) is 3.10. The van der Waals surface area contributed by atoms with Gasteiger partial charge in [-0.15, -0.1) is 0 Å². The van der Waals surface area contributed by atoms with Gasteiger partial charge < -0.3 is 24.8 Å². The maximum Gasteiger partial charge on any atom is 0.410 e. The first-order chi connectivity index (χ1) is 26.1. The number of benzene rings is 2. The predicted molar refractivity (Wildman–Crippen MR) is 227 cm³/mol. The molecule has 0 radical (unpaired) electrons. The van der Waals surface area contributed by atoms with E-state index >= 15 is 0 Å². The van der Waals surface area contributed by atoms with Crippen LogP contribution in [0, 0.1) is 11.8 Å². The van der Waals surface area contributed by atoms with E-state index in [1.807, 2.05) is 26.8 Å². The van der Waals surface area contributed by atoms with E-state index in [9.17, 15) is 14.4 Å². The molecule has 4 atom stereocenters. The Kier molecular flexibility index (Phi) is 15.7. The van der Waals surface area contributed by atoms with Gasteiger partial charge >= 0.3 is 6.09 Å². The Bertz CT molecular complexity index is 1590. The second-order valence-electron chi connectivity index (χ2n) is 17.2. The highest BCUT2D eigenvalue weighted by Gasteiger charge is 2.38. The Morgan fingerprint density at radius 2 is 1.07 bits per heavy atom. The third-order valence-corrected chi connectivity index (χ3v) is 13.2. The van der Waals surface area contributed by atoms with Crippen molar-refractivity contribution in [2.75, 3.05) is 52.4 Å². The van der Waals surface area contributed by atoms with Crippen LogP contribution < -0.4 is 5.32 Å². The first-order valence-electron chi connectivity index (χ1n) is 20.4. The molecule has 0 aliphatic carbocycles. The number of piperazine rings is 2. The van der Waals surface area contributed by atoms with Crippen molar-refractivity contribution in [1.82, 2.24) is 29.8 Å². The zero-order chi connectivity index (χ0) is 39.9. The van der Waals surface area contributed by atoms with Crippen LogP contribution in [-0.4, -0.2) is 125 Å². The van der Waals surface area contributed by atoms with Gasteiger partial charge in [0.2, 0.25) is 11.8 Å². The molecule has 0 aromatic heterocycles. The number of nitrogens with zero attached hydrogens (tertiary/aromatic N) is 5. The van der Waals surface area contributed by atoms with Crippen molar-refractivity contribution in [1.29, 1.82) is 0 Å². The maximum atomic E-state index is 13.3. The number of likely N-dealkylation sites (tertiary alicyclic amines) is 1. The number of ether oxygens (including phenoxy) is 1. The molecule has 3 amide bonds. The number of carbonyl (C=O) groups excluding carboxylic acids is 3. The largest absolute Gasteiger partial charge is 0.444 e. The van der Waals surface area contributed by atoms with Crippen molar-refractivity contribution in [2.45, 2.75) is 117 Å². The smallest absolute Gasteiger partial charge is 0.410 e. The highest BCUT2D eigenvalue weighted by atomic mass is 79.9. The highest BCUT2D eigenvalue weighted by Crippen LogP contribution is 2.28. The van der Waals surface area contributed by atoms with Crippen LogP contribution in [-0.2, 0) is 27.4 Å². The zero-order valence-electron chi connectivity index (χ0n) is 34.1. The Labute approximate surface area is 346 Å². The summed E-state index contributed by atoms with van der Waals surface area (Å²) in [6, 6.07) is 17.9. The van der Waals surface area contributed by atoms with Crippen molar-refractivity contribution >= 4 is 49.8 Å². The molecule has 304 valence electrons. The standard InChI is InChI=1S/C24H36BrN3O3.C19H28BrN3O/c1-17-15-28(18(2)14-27(17)16-20-8-6-7-9-21(20)25)22(29)19-10-12-26(13-11-19)23(30)31-24(3,4)5;1-14-12-23(19(24)16-7-9-21-10-8-16)15(2)11-22(14)13-17-5-3-4-6-18(17)20/h6-9,17-19H,10-16H2,1-5H3;3-6,14-16,21H,7-13H2,1-2H3. The minimum atomic E-state index is -0.496. The van der Waals surface area contributed by atoms with E-state index < -0.39 is 5.60 Å². The van der Waals surface area contributed by atoms with Gasteiger partial charge in [0.1, 0.15) is 5.60 Å². The first kappa shape index (κ1) is 43.6. The molecule has 0 spiro atoms. The second kappa shape index (κ2) is 19.8. The lowest BCUT2D eigenvalue weighted by atomic mass is 9.93. The SMILES string of the molecule is CC1CN(C(=O)C2CCN(C(=O)OC(C)(C)C)CC2)C(C)CN1Cc1ccccc1Br.CC1CN(C(=O)C2CCNCC2)C(C)CN1Cc1ccccc1Br. The maximum absolute atomic E-state index is 13.3. The van der Waals surface area contributed by atoms with Gasteiger partial charge in [-0.3, -0.25) is 19.4 Å². The molecule has 2 aromatic carbocycles. The van der Waals surface area contributed by atoms with Crippen molar-refractivity contribution in [3.63, 3.8) is 0 Å². The zero-order valence-corrected chi connectivity index (χ0v) is 37.3. The van der Waals surface area contributed by atoms with Crippen LogP contribution in [0.25, 0.3) is 0 Å². The van der Waals surface area contributed by atoms with E-state index in [4.69, 9.17) is 4.74 Å². The van der Waals surface area contributed by atoms with Gasteiger partial charge in [-0.25, -0.2) is 4.79 Å². The lowest BCUT2D eigenvalue weighted by Crippen LogP contribution is -2.59. The van der Waals surface area contributed by atoms with Crippen LogP contribution in [0.5, 0.6) is 0 Å². The number of halogens is 2. The average molecular weight is 889 g/mol. The van der Waals surface area contributed by atoms with Crippen molar-refractivity contribution in [2.24, 2.45) is 11.8 Å². The highest BCUT2D eigenvalue weighted by molar-refractivity contribution is 9.10. The molecule has 4 unspecified atom stereocenters. The summed E-state index contributed by atoms with van der Waals surface area (Å²) in [7, 11) is 0. The van der Waals surface area contributed by atoms with Crippen LogP contribution >= 0.6 is 31.9 Å². The lowest BCUT2D eigenvalue weighted by Gasteiger charge is -2.46. The Morgan fingerprint density at radius 3 is 1.49 bits per heavy atom. The Balaban J connectivity index is 0.000000218.